The quantitative estimate of drug-likeness (QED) is 0.454. The van der Waals surface area contributed by atoms with Crippen molar-refractivity contribution in [2.45, 2.75) is 32.4 Å². The highest BCUT2D eigenvalue weighted by Crippen LogP contribution is 2.23. The van der Waals surface area contributed by atoms with Crippen molar-refractivity contribution in [3.05, 3.63) is 65.4 Å². The summed E-state index contributed by atoms with van der Waals surface area (Å²) in [4.78, 5) is 16.2. The van der Waals surface area contributed by atoms with Crippen LogP contribution in [0.25, 0.3) is 10.9 Å². The van der Waals surface area contributed by atoms with Gasteiger partial charge in [0, 0.05) is 22.7 Å². The van der Waals surface area contributed by atoms with Crippen LogP contribution in [0.3, 0.4) is 0 Å². The van der Waals surface area contributed by atoms with Crippen molar-refractivity contribution in [1.82, 2.24) is 10.3 Å². The normalized spacial score (nSPS) is 11.8. The van der Waals surface area contributed by atoms with E-state index >= 15 is 0 Å². The van der Waals surface area contributed by atoms with Gasteiger partial charge in [-0.3, -0.25) is 4.79 Å². The molecule has 0 bridgehead atoms. The third kappa shape index (κ3) is 5.20. The molecule has 3 rings (SSSR count). The SMILES string of the molecule is CC(C)Oc1ccc(C#CCO)cc1C(=O)NC(CO)Cc1c[nH]c2ccccc12. The molecule has 2 aromatic carbocycles. The number of aliphatic hydroxyl groups excluding tert-OH is 2. The summed E-state index contributed by atoms with van der Waals surface area (Å²) in [5.74, 6) is 5.48. The number of ether oxygens (including phenoxy) is 1. The van der Waals surface area contributed by atoms with E-state index in [2.05, 4.69) is 22.1 Å². The number of hydrogen-bond acceptors (Lipinski definition) is 4. The number of aromatic amines is 1. The number of rotatable bonds is 7. The minimum absolute atomic E-state index is 0.106. The molecule has 156 valence electrons. The average molecular weight is 406 g/mol. The van der Waals surface area contributed by atoms with Crippen LogP contribution in [-0.4, -0.2) is 46.5 Å². The molecule has 1 atom stereocenters. The van der Waals surface area contributed by atoms with Gasteiger partial charge in [-0.25, -0.2) is 0 Å². The number of aromatic nitrogens is 1. The molecule has 1 aromatic heterocycles. The van der Waals surface area contributed by atoms with Crippen molar-refractivity contribution in [1.29, 1.82) is 0 Å². The third-order valence-corrected chi connectivity index (χ3v) is 4.60. The number of nitrogens with one attached hydrogen (secondary N) is 2. The van der Waals surface area contributed by atoms with Crippen molar-refractivity contribution >= 4 is 16.8 Å². The molecule has 1 heterocycles. The summed E-state index contributed by atoms with van der Waals surface area (Å²) in [6.45, 7) is 3.31. The van der Waals surface area contributed by atoms with Crippen LogP contribution in [0.4, 0.5) is 0 Å². The number of amides is 1. The van der Waals surface area contributed by atoms with Crippen LogP contribution < -0.4 is 10.1 Å². The molecule has 6 nitrogen and oxygen atoms in total. The number of hydrogen-bond donors (Lipinski definition) is 4. The molecule has 0 aliphatic heterocycles. The van der Waals surface area contributed by atoms with Crippen LogP contribution in [0.15, 0.2) is 48.7 Å². The second kappa shape index (κ2) is 9.97. The number of para-hydroxylation sites is 1. The lowest BCUT2D eigenvalue weighted by molar-refractivity contribution is 0.0910. The average Bonchev–Trinajstić information content (AvgIpc) is 3.15. The van der Waals surface area contributed by atoms with Gasteiger partial charge in [-0.15, -0.1) is 0 Å². The molecular formula is C24H26N2O4. The van der Waals surface area contributed by atoms with Gasteiger partial charge in [0.2, 0.25) is 0 Å². The van der Waals surface area contributed by atoms with Crippen molar-refractivity contribution < 1.29 is 19.7 Å². The van der Waals surface area contributed by atoms with E-state index in [0.29, 0.717) is 23.3 Å². The Morgan fingerprint density at radius 2 is 2.00 bits per heavy atom. The molecular weight excluding hydrogens is 380 g/mol. The highest BCUT2D eigenvalue weighted by Gasteiger charge is 2.19. The Labute approximate surface area is 175 Å². The summed E-state index contributed by atoms with van der Waals surface area (Å²) in [6, 6.07) is 12.5. The Morgan fingerprint density at radius 3 is 2.73 bits per heavy atom. The molecule has 0 fully saturated rings. The van der Waals surface area contributed by atoms with Gasteiger partial charge in [-0.1, -0.05) is 30.0 Å². The second-order valence-electron chi connectivity index (χ2n) is 7.25. The van der Waals surface area contributed by atoms with E-state index in [1.807, 2.05) is 44.3 Å². The predicted molar refractivity (Wildman–Crippen MR) is 117 cm³/mol. The Balaban J connectivity index is 1.83. The van der Waals surface area contributed by atoms with Gasteiger partial charge in [0.1, 0.15) is 12.4 Å². The van der Waals surface area contributed by atoms with Gasteiger partial charge in [0.25, 0.3) is 5.91 Å². The minimum atomic E-state index is -0.462. The molecule has 0 aliphatic rings. The Hall–Kier alpha value is -3.27. The number of fused-ring (bicyclic) bond motifs is 1. The Morgan fingerprint density at radius 1 is 1.20 bits per heavy atom. The zero-order valence-electron chi connectivity index (χ0n) is 17.1. The molecule has 0 aliphatic carbocycles. The smallest absolute Gasteiger partial charge is 0.255 e. The van der Waals surface area contributed by atoms with Crippen molar-refractivity contribution in [2.24, 2.45) is 0 Å². The first-order valence-corrected chi connectivity index (χ1v) is 9.89. The highest BCUT2D eigenvalue weighted by atomic mass is 16.5. The van der Waals surface area contributed by atoms with Crippen LogP contribution in [0.1, 0.15) is 35.3 Å². The monoisotopic (exact) mass is 406 g/mol. The van der Waals surface area contributed by atoms with Gasteiger partial charge in [-0.2, -0.15) is 0 Å². The van der Waals surface area contributed by atoms with Crippen molar-refractivity contribution in [3.63, 3.8) is 0 Å². The van der Waals surface area contributed by atoms with E-state index in [0.717, 1.165) is 16.5 Å². The van der Waals surface area contributed by atoms with Crippen LogP contribution in [-0.2, 0) is 6.42 Å². The summed E-state index contributed by atoms with van der Waals surface area (Å²) in [5, 5.41) is 22.8. The first kappa shape index (κ1) is 21.4. The van der Waals surface area contributed by atoms with Gasteiger partial charge < -0.3 is 25.3 Å². The Bertz CT molecular complexity index is 1080. The summed E-state index contributed by atoms with van der Waals surface area (Å²) in [7, 11) is 0. The zero-order chi connectivity index (χ0) is 21.5. The minimum Gasteiger partial charge on any atom is -0.490 e. The predicted octanol–water partition coefficient (Wildman–Crippen LogP) is 2.63. The second-order valence-corrected chi connectivity index (χ2v) is 7.25. The summed E-state index contributed by atoms with van der Waals surface area (Å²) >= 11 is 0. The standard InChI is InChI=1S/C24H26N2O4/c1-16(2)30-23-10-9-17(6-5-11-27)12-21(23)24(29)26-19(15-28)13-18-14-25-22-8-4-3-7-20(18)22/h3-4,7-10,12,14,16,19,25,27-28H,11,13,15H2,1-2H3,(H,26,29). The lowest BCUT2D eigenvalue weighted by atomic mass is 10.0. The third-order valence-electron chi connectivity index (χ3n) is 4.60. The molecule has 0 radical (unpaired) electrons. The van der Waals surface area contributed by atoms with Gasteiger partial charge >= 0.3 is 0 Å². The lowest BCUT2D eigenvalue weighted by Gasteiger charge is -2.19. The topological polar surface area (TPSA) is 94.6 Å². The van der Waals surface area contributed by atoms with Crippen LogP contribution in [0.2, 0.25) is 0 Å². The maximum Gasteiger partial charge on any atom is 0.255 e. The fourth-order valence-electron chi connectivity index (χ4n) is 3.27. The zero-order valence-corrected chi connectivity index (χ0v) is 17.1. The van der Waals surface area contributed by atoms with Crippen LogP contribution in [0.5, 0.6) is 5.75 Å². The van der Waals surface area contributed by atoms with Gasteiger partial charge in [0.15, 0.2) is 0 Å². The molecule has 1 unspecified atom stereocenters. The van der Waals surface area contributed by atoms with Crippen molar-refractivity contribution in [2.75, 3.05) is 13.2 Å². The maximum absolute atomic E-state index is 13.0. The molecule has 3 aromatic rings. The van der Waals surface area contributed by atoms with Crippen LogP contribution >= 0.6 is 0 Å². The summed E-state index contributed by atoms with van der Waals surface area (Å²) < 4.78 is 5.78. The van der Waals surface area contributed by atoms with E-state index in [1.165, 1.54) is 0 Å². The number of H-pyrrole nitrogens is 1. The first-order valence-electron chi connectivity index (χ1n) is 9.89. The number of aliphatic hydroxyl groups is 2. The van der Waals surface area contributed by atoms with E-state index in [4.69, 9.17) is 9.84 Å². The fourth-order valence-corrected chi connectivity index (χ4v) is 3.27. The maximum atomic E-state index is 13.0. The molecule has 6 heteroatoms. The van der Waals surface area contributed by atoms with E-state index in [9.17, 15) is 9.90 Å². The Kier molecular flexibility index (Phi) is 7.12. The number of carbonyl (C=O) groups is 1. The largest absolute Gasteiger partial charge is 0.490 e. The highest BCUT2D eigenvalue weighted by molar-refractivity contribution is 5.97. The van der Waals surface area contributed by atoms with Crippen LogP contribution in [0, 0.1) is 11.8 Å². The molecule has 4 N–H and O–H groups in total. The number of carbonyl (C=O) groups excluding carboxylic acids is 1. The molecule has 0 spiro atoms. The molecule has 1 amide bonds. The van der Waals surface area contributed by atoms with E-state index < -0.39 is 6.04 Å². The van der Waals surface area contributed by atoms with E-state index in [-0.39, 0.29) is 25.2 Å². The molecule has 0 saturated heterocycles. The molecule has 0 saturated carbocycles. The lowest BCUT2D eigenvalue weighted by Crippen LogP contribution is -2.39. The van der Waals surface area contributed by atoms with Gasteiger partial charge in [-0.05, 0) is 50.1 Å². The van der Waals surface area contributed by atoms with E-state index in [1.54, 1.807) is 18.2 Å². The summed E-state index contributed by atoms with van der Waals surface area (Å²) in [5.41, 5.74) is 2.97. The number of benzene rings is 2. The van der Waals surface area contributed by atoms with Crippen molar-refractivity contribution in [3.8, 4) is 17.6 Å². The fraction of sp³-hybridized carbons (Fsp3) is 0.292. The van der Waals surface area contributed by atoms with Gasteiger partial charge in [0.05, 0.1) is 24.3 Å². The first-order chi connectivity index (χ1) is 14.5. The molecule has 30 heavy (non-hydrogen) atoms. The summed E-state index contributed by atoms with van der Waals surface area (Å²) in [6.07, 6.45) is 2.28.